The summed E-state index contributed by atoms with van der Waals surface area (Å²) >= 11 is 0. The predicted molar refractivity (Wildman–Crippen MR) is 109 cm³/mol. The van der Waals surface area contributed by atoms with E-state index >= 15 is 0 Å². The van der Waals surface area contributed by atoms with Crippen LogP contribution in [0.5, 0.6) is 0 Å². The van der Waals surface area contributed by atoms with Crippen LogP contribution in [0, 0.1) is 17.8 Å². The molecule has 146 valence electrons. The maximum Gasteiger partial charge on any atom is 0.0717 e. The van der Waals surface area contributed by atoms with Gasteiger partial charge in [-0.25, -0.2) is 0 Å². The van der Waals surface area contributed by atoms with Crippen LogP contribution in [0.4, 0.5) is 0 Å². The van der Waals surface area contributed by atoms with Crippen molar-refractivity contribution in [2.24, 2.45) is 17.8 Å². The summed E-state index contributed by atoms with van der Waals surface area (Å²) in [6, 6.07) is 10.1. The Hall–Kier alpha value is -1.42. The summed E-state index contributed by atoms with van der Waals surface area (Å²) in [5, 5.41) is 19.7. The molecule has 0 fully saturated rings. The molecular formula is C23H36O3. The molecule has 0 unspecified atom stereocenters. The summed E-state index contributed by atoms with van der Waals surface area (Å²) in [4.78, 5) is 0. The average molecular weight is 361 g/mol. The molecule has 4 atom stereocenters. The Balaban J connectivity index is 2.46. The van der Waals surface area contributed by atoms with Gasteiger partial charge in [0.2, 0.25) is 0 Å². The number of hydrogen-bond acceptors (Lipinski definition) is 3. The van der Waals surface area contributed by atoms with Gasteiger partial charge in [-0.05, 0) is 31.7 Å². The van der Waals surface area contributed by atoms with Crippen molar-refractivity contribution in [3.05, 3.63) is 59.2 Å². The molecule has 0 saturated carbocycles. The van der Waals surface area contributed by atoms with Crippen LogP contribution in [0.25, 0.3) is 0 Å². The Labute approximate surface area is 159 Å². The minimum absolute atomic E-state index is 0.0730. The van der Waals surface area contributed by atoms with Gasteiger partial charge in [0.25, 0.3) is 0 Å². The molecular weight excluding hydrogens is 324 g/mol. The summed E-state index contributed by atoms with van der Waals surface area (Å²) in [6.45, 7) is 11.6. The fraction of sp³-hybridized carbons (Fsp3) is 0.565. The van der Waals surface area contributed by atoms with Gasteiger partial charge >= 0.3 is 0 Å². The molecule has 2 N–H and O–H groups in total. The topological polar surface area (TPSA) is 49.7 Å². The molecule has 3 nitrogen and oxygen atoms in total. The molecule has 0 aliphatic rings. The lowest BCUT2D eigenvalue weighted by Crippen LogP contribution is -2.28. The molecule has 0 aliphatic heterocycles. The van der Waals surface area contributed by atoms with Crippen LogP contribution in [0.2, 0.25) is 0 Å². The first-order chi connectivity index (χ1) is 12.3. The zero-order valence-corrected chi connectivity index (χ0v) is 17.0. The normalized spacial score (nSPS) is 17.7. The van der Waals surface area contributed by atoms with Crippen molar-refractivity contribution in [2.75, 3.05) is 13.2 Å². The van der Waals surface area contributed by atoms with Crippen molar-refractivity contribution in [2.45, 2.75) is 53.8 Å². The molecule has 0 aliphatic carbocycles. The Kier molecular flexibility index (Phi) is 10.5. The largest absolute Gasteiger partial charge is 0.396 e. The number of rotatable bonds is 11. The summed E-state index contributed by atoms with van der Waals surface area (Å²) in [5.74, 6) is 0.338. The first kappa shape index (κ1) is 22.6. The van der Waals surface area contributed by atoms with E-state index in [-0.39, 0.29) is 24.4 Å². The molecule has 0 amide bonds. The maximum absolute atomic E-state index is 10.6. The number of hydrogen-bond donors (Lipinski definition) is 2. The van der Waals surface area contributed by atoms with E-state index in [1.165, 1.54) is 11.1 Å². The van der Waals surface area contributed by atoms with Crippen molar-refractivity contribution in [3.8, 4) is 0 Å². The Bertz CT molecular complexity index is 562. The monoisotopic (exact) mass is 360 g/mol. The first-order valence-electron chi connectivity index (χ1n) is 9.58. The molecule has 1 aromatic rings. The van der Waals surface area contributed by atoms with Crippen LogP contribution in [-0.2, 0) is 11.3 Å². The fourth-order valence-corrected chi connectivity index (χ4v) is 3.20. The Morgan fingerprint density at radius 3 is 2.27 bits per heavy atom. The lowest BCUT2D eigenvalue weighted by atomic mass is 9.91. The highest BCUT2D eigenvalue weighted by Gasteiger charge is 2.20. The molecule has 0 heterocycles. The zero-order valence-electron chi connectivity index (χ0n) is 17.0. The lowest BCUT2D eigenvalue weighted by molar-refractivity contribution is 0.0132. The van der Waals surface area contributed by atoms with E-state index in [0.29, 0.717) is 13.2 Å². The van der Waals surface area contributed by atoms with E-state index in [2.05, 4.69) is 32.9 Å². The van der Waals surface area contributed by atoms with Gasteiger partial charge in [-0.3, -0.25) is 0 Å². The number of allylic oxidation sites excluding steroid dienone is 2. The molecule has 0 aromatic heterocycles. The third-order valence-corrected chi connectivity index (χ3v) is 4.58. The minimum Gasteiger partial charge on any atom is -0.396 e. The van der Waals surface area contributed by atoms with Crippen molar-refractivity contribution >= 4 is 0 Å². The van der Waals surface area contributed by atoms with Crippen LogP contribution in [0.15, 0.2) is 53.6 Å². The molecule has 0 bridgehead atoms. The van der Waals surface area contributed by atoms with E-state index in [4.69, 9.17) is 9.84 Å². The summed E-state index contributed by atoms with van der Waals surface area (Å²) in [5.41, 5.74) is 3.64. The molecule has 3 heteroatoms. The van der Waals surface area contributed by atoms with Gasteiger partial charge in [0.15, 0.2) is 0 Å². The summed E-state index contributed by atoms with van der Waals surface area (Å²) in [6.07, 6.45) is 4.71. The second-order valence-corrected chi connectivity index (χ2v) is 7.69. The number of aliphatic hydroxyl groups excluding tert-OH is 2. The van der Waals surface area contributed by atoms with Crippen molar-refractivity contribution in [3.63, 3.8) is 0 Å². The quantitative estimate of drug-likeness (QED) is 0.560. The second kappa shape index (κ2) is 12.1. The van der Waals surface area contributed by atoms with E-state index < -0.39 is 6.10 Å². The van der Waals surface area contributed by atoms with Gasteiger partial charge in [-0.1, -0.05) is 74.4 Å². The second-order valence-electron chi connectivity index (χ2n) is 7.69. The zero-order chi connectivity index (χ0) is 19.5. The van der Waals surface area contributed by atoms with Crippen LogP contribution in [-0.4, -0.2) is 29.5 Å². The first-order valence-corrected chi connectivity index (χ1v) is 9.58. The number of ether oxygens (including phenoxy) is 1. The predicted octanol–water partition coefficient (Wildman–Crippen LogP) is 4.75. The highest BCUT2D eigenvalue weighted by molar-refractivity contribution is 5.14. The minimum atomic E-state index is -0.429. The molecule has 1 rings (SSSR count). The maximum atomic E-state index is 10.6. The van der Waals surface area contributed by atoms with Gasteiger partial charge in [0.05, 0.1) is 19.3 Å². The molecule has 0 radical (unpaired) electrons. The Morgan fingerprint density at radius 2 is 1.65 bits per heavy atom. The van der Waals surface area contributed by atoms with Crippen LogP contribution in [0.1, 0.15) is 46.6 Å². The van der Waals surface area contributed by atoms with E-state index in [1.54, 1.807) is 0 Å². The van der Waals surface area contributed by atoms with E-state index in [1.807, 2.05) is 44.2 Å². The van der Waals surface area contributed by atoms with Crippen LogP contribution in [0.3, 0.4) is 0 Å². The third-order valence-electron chi connectivity index (χ3n) is 4.58. The lowest BCUT2D eigenvalue weighted by Gasteiger charge is -2.23. The molecule has 0 saturated heterocycles. The highest BCUT2D eigenvalue weighted by Crippen LogP contribution is 2.20. The van der Waals surface area contributed by atoms with Gasteiger partial charge in [-0.15, -0.1) is 0 Å². The van der Waals surface area contributed by atoms with Crippen LogP contribution < -0.4 is 0 Å². The molecule has 0 spiro atoms. The molecule has 26 heavy (non-hydrogen) atoms. The number of aliphatic hydroxyl groups is 2. The molecule has 1 aromatic carbocycles. The SMILES string of the molecule is C/C(=C/[C@@H](C)CO)C/C(C)=C/[C@@H](C)[C@H](O)[C@H](C)COCc1ccccc1. The van der Waals surface area contributed by atoms with Gasteiger partial charge < -0.3 is 14.9 Å². The fourth-order valence-electron chi connectivity index (χ4n) is 3.20. The van der Waals surface area contributed by atoms with Crippen molar-refractivity contribution in [1.29, 1.82) is 0 Å². The van der Waals surface area contributed by atoms with Crippen molar-refractivity contribution < 1.29 is 14.9 Å². The van der Waals surface area contributed by atoms with E-state index in [9.17, 15) is 5.11 Å². The Morgan fingerprint density at radius 1 is 1.04 bits per heavy atom. The standard InChI is InChI=1S/C23H36O3/c1-17(12-19(3)14-24)11-18(2)13-20(4)23(25)21(5)15-26-16-22-9-7-6-8-10-22/h6-10,12-13,19-21,23-25H,11,14-16H2,1-5H3/b17-12-,18-13+/t19-,20-,21-,23+/m1/s1. The van der Waals surface area contributed by atoms with Crippen molar-refractivity contribution in [1.82, 2.24) is 0 Å². The average Bonchev–Trinajstić information content (AvgIpc) is 2.61. The highest BCUT2D eigenvalue weighted by atomic mass is 16.5. The summed E-state index contributed by atoms with van der Waals surface area (Å²) < 4.78 is 5.76. The smallest absolute Gasteiger partial charge is 0.0717 e. The van der Waals surface area contributed by atoms with E-state index in [0.717, 1.165) is 12.0 Å². The number of benzene rings is 1. The van der Waals surface area contributed by atoms with Gasteiger partial charge in [-0.2, -0.15) is 0 Å². The van der Waals surface area contributed by atoms with Gasteiger partial charge in [0.1, 0.15) is 0 Å². The van der Waals surface area contributed by atoms with Gasteiger partial charge in [0, 0.05) is 18.4 Å². The third kappa shape index (κ3) is 8.79. The summed E-state index contributed by atoms with van der Waals surface area (Å²) in [7, 11) is 0. The van der Waals surface area contributed by atoms with Crippen LogP contribution >= 0.6 is 0 Å².